The van der Waals surface area contributed by atoms with Crippen LogP contribution in [0.25, 0.3) is 0 Å². The zero-order valence-electron chi connectivity index (χ0n) is 6.80. The van der Waals surface area contributed by atoms with Crippen molar-refractivity contribution in [1.29, 1.82) is 0 Å². The molecule has 2 aliphatic rings. The van der Waals surface area contributed by atoms with Gasteiger partial charge in [-0.3, -0.25) is 0 Å². The number of hydrogen-bond acceptors (Lipinski definition) is 2. The number of nitrogens with one attached hydrogen (secondary N) is 1. The van der Waals surface area contributed by atoms with Crippen LogP contribution in [0.4, 0.5) is 0 Å². The van der Waals surface area contributed by atoms with Gasteiger partial charge in [-0.25, -0.2) is 0 Å². The number of nitrogens with zero attached hydrogens (tertiary/aromatic N) is 1. The number of fused-ring (bicyclic) bond motifs is 1. The Hall–Kier alpha value is -0.0800. The molecule has 0 unspecified atom stereocenters. The normalized spacial score (nSPS) is 48.0. The first kappa shape index (κ1) is 6.62. The van der Waals surface area contributed by atoms with Gasteiger partial charge in [0.25, 0.3) is 0 Å². The molecule has 2 nitrogen and oxygen atoms in total. The third kappa shape index (κ3) is 0.867. The molecule has 0 bridgehead atoms. The molecule has 1 N–H and O–H groups in total. The third-order valence-electron chi connectivity index (χ3n) is 3.02. The van der Waals surface area contributed by atoms with E-state index < -0.39 is 0 Å². The summed E-state index contributed by atoms with van der Waals surface area (Å²) in [6, 6.07) is 0.759. The Morgan fingerprint density at radius 3 is 2.90 bits per heavy atom. The van der Waals surface area contributed by atoms with Crippen LogP contribution >= 0.6 is 0 Å². The topological polar surface area (TPSA) is 15.3 Å². The van der Waals surface area contributed by atoms with Gasteiger partial charge in [-0.05, 0) is 32.4 Å². The lowest BCUT2D eigenvalue weighted by Crippen LogP contribution is -2.28. The smallest absolute Gasteiger partial charge is 0.00829 e. The van der Waals surface area contributed by atoms with Crippen LogP contribution in [0.15, 0.2) is 0 Å². The highest BCUT2D eigenvalue weighted by Crippen LogP contribution is 2.29. The Kier molecular flexibility index (Phi) is 1.46. The molecule has 58 valence electrons. The Balaban J connectivity index is 2.05. The maximum absolute atomic E-state index is 3.52. The number of likely N-dealkylation sites (tertiary alicyclic amines) is 1. The van der Waals surface area contributed by atoms with Crippen molar-refractivity contribution in [3.05, 3.63) is 0 Å². The quantitative estimate of drug-likeness (QED) is 0.515. The zero-order chi connectivity index (χ0) is 7.14. The van der Waals surface area contributed by atoms with Crippen LogP contribution in [0.2, 0.25) is 0 Å². The van der Waals surface area contributed by atoms with Crippen LogP contribution in [0, 0.1) is 11.8 Å². The van der Waals surface area contributed by atoms with Crippen LogP contribution in [0.5, 0.6) is 0 Å². The van der Waals surface area contributed by atoms with Gasteiger partial charge in [0.15, 0.2) is 0 Å². The van der Waals surface area contributed by atoms with Gasteiger partial charge >= 0.3 is 0 Å². The molecular formula is C8H16N2. The molecule has 0 aromatic rings. The largest absolute Gasteiger partial charge is 0.314 e. The van der Waals surface area contributed by atoms with E-state index in [1.54, 1.807) is 0 Å². The molecule has 0 amide bonds. The summed E-state index contributed by atoms with van der Waals surface area (Å²) in [5, 5.41) is 3.52. The number of hydrogen-bond donors (Lipinski definition) is 1. The summed E-state index contributed by atoms with van der Waals surface area (Å²) in [7, 11) is 2.23. The van der Waals surface area contributed by atoms with Gasteiger partial charge in [-0.2, -0.15) is 0 Å². The van der Waals surface area contributed by atoms with Crippen molar-refractivity contribution in [2.45, 2.75) is 13.0 Å². The zero-order valence-corrected chi connectivity index (χ0v) is 6.80. The molecule has 2 rings (SSSR count). The monoisotopic (exact) mass is 140 g/mol. The first-order chi connectivity index (χ1) is 4.77. The predicted octanol–water partition coefficient (Wildman–Crippen LogP) is 0.156. The average Bonchev–Trinajstić information content (AvgIpc) is 2.35. The van der Waals surface area contributed by atoms with Crippen molar-refractivity contribution in [2.24, 2.45) is 11.8 Å². The summed E-state index contributed by atoms with van der Waals surface area (Å²) in [4.78, 5) is 2.45. The maximum Gasteiger partial charge on any atom is 0.00829 e. The summed E-state index contributed by atoms with van der Waals surface area (Å²) in [5.74, 6) is 1.88. The van der Waals surface area contributed by atoms with Gasteiger partial charge in [-0.1, -0.05) is 0 Å². The van der Waals surface area contributed by atoms with Crippen molar-refractivity contribution in [3.63, 3.8) is 0 Å². The first-order valence-corrected chi connectivity index (χ1v) is 4.19. The highest BCUT2D eigenvalue weighted by atomic mass is 15.2. The minimum Gasteiger partial charge on any atom is -0.314 e. The molecule has 2 saturated heterocycles. The molecule has 0 radical (unpaired) electrons. The summed E-state index contributed by atoms with van der Waals surface area (Å²) in [6.45, 7) is 6.17. The Morgan fingerprint density at radius 2 is 2.20 bits per heavy atom. The molecule has 3 atom stereocenters. The minimum absolute atomic E-state index is 0.759. The van der Waals surface area contributed by atoms with E-state index in [0.29, 0.717) is 0 Å². The third-order valence-corrected chi connectivity index (χ3v) is 3.02. The van der Waals surface area contributed by atoms with Crippen molar-refractivity contribution < 1.29 is 0 Å². The highest BCUT2D eigenvalue weighted by molar-refractivity contribution is 4.94. The molecule has 10 heavy (non-hydrogen) atoms. The van der Waals surface area contributed by atoms with E-state index in [4.69, 9.17) is 0 Å². The van der Waals surface area contributed by atoms with E-state index in [0.717, 1.165) is 17.9 Å². The fourth-order valence-electron chi connectivity index (χ4n) is 2.39. The van der Waals surface area contributed by atoms with E-state index >= 15 is 0 Å². The molecule has 0 aromatic carbocycles. The van der Waals surface area contributed by atoms with E-state index in [-0.39, 0.29) is 0 Å². The van der Waals surface area contributed by atoms with E-state index in [9.17, 15) is 0 Å². The van der Waals surface area contributed by atoms with Crippen molar-refractivity contribution in [1.82, 2.24) is 10.2 Å². The molecule has 0 saturated carbocycles. The fraction of sp³-hybridized carbons (Fsp3) is 1.00. The lowest BCUT2D eigenvalue weighted by Gasteiger charge is -2.13. The van der Waals surface area contributed by atoms with Gasteiger partial charge < -0.3 is 10.2 Å². The molecular weight excluding hydrogens is 124 g/mol. The van der Waals surface area contributed by atoms with Crippen LogP contribution in [-0.2, 0) is 0 Å². The molecule has 2 fully saturated rings. The fourth-order valence-corrected chi connectivity index (χ4v) is 2.39. The van der Waals surface area contributed by atoms with Crippen LogP contribution in [-0.4, -0.2) is 37.6 Å². The van der Waals surface area contributed by atoms with E-state index in [2.05, 4.69) is 24.2 Å². The van der Waals surface area contributed by atoms with Gasteiger partial charge in [0.2, 0.25) is 0 Å². The van der Waals surface area contributed by atoms with Crippen LogP contribution < -0.4 is 5.32 Å². The second-order valence-electron chi connectivity index (χ2n) is 3.84. The average molecular weight is 140 g/mol. The minimum atomic E-state index is 0.759. The molecule has 2 heterocycles. The highest BCUT2D eigenvalue weighted by Gasteiger charge is 2.38. The Morgan fingerprint density at radius 1 is 1.40 bits per heavy atom. The van der Waals surface area contributed by atoms with E-state index in [1.165, 1.54) is 19.6 Å². The van der Waals surface area contributed by atoms with Gasteiger partial charge in [0.05, 0.1) is 0 Å². The molecule has 0 aromatic heterocycles. The van der Waals surface area contributed by atoms with E-state index in [1.807, 2.05) is 0 Å². The van der Waals surface area contributed by atoms with Gasteiger partial charge in [0, 0.05) is 19.1 Å². The lowest BCUT2D eigenvalue weighted by atomic mass is 9.95. The second kappa shape index (κ2) is 2.21. The predicted molar refractivity (Wildman–Crippen MR) is 41.9 cm³/mol. The molecule has 2 heteroatoms. The Labute approximate surface area is 62.6 Å². The van der Waals surface area contributed by atoms with Crippen molar-refractivity contribution >= 4 is 0 Å². The van der Waals surface area contributed by atoms with Crippen LogP contribution in [0.3, 0.4) is 0 Å². The standard InChI is InChI=1S/C8H16N2/c1-6-8-5-10(2)4-7(8)3-9-6/h6-9H,3-5H2,1-2H3/t6-,7-,8+/m0/s1. The number of rotatable bonds is 0. The molecule has 0 spiro atoms. The maximum atomic E-state index is 3.52. The van der Waals surface area contributed by atoms with Gasteiger partial charge in [0.1, 0.15) is 0 Å². The molecule has 2 aliphatic heterocycles. The first-order valence-electron chi connectivity index (χ1n) is 4.19. The molecule has 0 aliphatic carbocycles. The SMILES string of the molecule is C[C@@H]1NC[C@H]2CN(C)C[C@@H]21. The lowest BCUT2D eigenvalue weighted by molar-refractivity contribution is 0.364. The second-order valence-corrected chi connectivity index (χ2v) is 3.84. The summed E-state index contributed by atoms with van der Waals surface area (Å²) in [6.07, 6.45) is 0. The van der Waals surface area contributed by atoms with Crippen molar-refractivity contribution in [3.8, 4) is 0 Å². The summed E-state index contributed by atoms with van der Waals surface area (Å²) >= 11 is 0. The summed E-state index contributed by atoms with van der Waals surface area (Å²) < 4.78 is 0. The Bertz CT molecular complexity index is 135. The van der Waals surface area contributed by atoms with Gasteiger partial charge in [-0.15, -0.1) is 0 Å². The summed E-state index contributed by atoms with van der Waals surface area (Å²) in [5.41, 5.74) is 0. The van der Waals surface area contributed by atoms with Crippen molar-refractivity contribution in [2.75, 3.05) is 26.7 Å². The van der Waals surface area contributed by atoms with Crippen LogP contribution in [0.1, 0.15) is 6.92 Å².